The molecule has 140 valence electrons. The topological polar surface area (TPSA) is 61.2 Å². The fraction of sp³-hybridized carbons (Fsp3) is 0.250. The average Bonchev–Trinajstić information content (AvgIpc) is 2.63. The molecule has 0 aliphatic heterocycles. The fourth-order valence-corrected chi connectivity index (χ4v) is 3.17. The van der Waals surface area contributed by atoms with Crippen LogP contribution in [0.5, 0.6) is 0 Å². The third kappa shape index (κ3) is 4.24. The van der Waals surface area contributed by atoms with Gasteiger partial charge in [0.25, 0.3) is 5.56 Å². The van der Waals surface area contributed by atoms with Gasteiger partial charge in [0.2, 0.25) is 0 Å². The molecule has 0 fully saturated rings. The third-order valence-corrected chi connectivity index (χ3v) is 4.71. The van der Waals surface area contributed by atoms with E-state index in [1.807, 2.05) is 13.8 Å². The molecule has 0 aliphatic carbocycles. The first-order valence-corrected chi connectivity index (χ1v) is 9.27. The average molecular weight is 433 g/mol. The largest absolute Gasteiger partial charge is 0.456 e. The first-order valence-electron chi connectivity index (χ1n) is 8.47. The SMILES string of the molecule is CC(C)Cn1nc(C(=O)OCc2ccc(F)cc2Br)c2ccccc2c1=O. The zero-order valence-electron chi connectivity index (χ0n) is 14.9. The predicted molar refractivity (Wildman–Crippen MR) is 104 cm³/mol. The number of ether oxygens (including phenoxy) is 1. The second-order valence-corrected chi connectivity index (χ2v) is 7.44. The summed E-state index contributed by atoms with van der Waals surface area (Å²) in [6.45, 7) is 4.28. The van der Waals surface area contributed by atoms with Crippen LogP contribution in [0.1, 0.15) is 29.9 Å². The van der Waals surface area contributed by atoms with Crippen LogP contribution in [0, 0.1) is 11.7 Å². The lowest BCUT2D eigenvalue weighted by atomic mass is 10.1. The Morgan fingerprint density at radius 2 is 1.93 bits per heavy atom. The highest BCUT2D eigenvalue weighted by Gasteiger charge is 2.19. The van der Waals surface area contributed by atoms with E-state index in [2.05, 4.69) is 21.0 Å². The molecule has 3 rings (SSSR count). The number of fused-ring (bicyclic) bond motifs is 1. The molecule has 1 aromatic heterocycles. The Hall–Kier alpha value is -2.54. The minimum atomic E-state index is -0.639. The number of aromatic nitrogens is 2. The Morgan fingerprint density at radius 1 is 1.22 bits per heavy atom. The van der Waals surface area contributed by atoms with Gasteiger partial charge in [0.15, 0.2) is 5.69 Å². The predicted octanol–water partition coefficient (Wildman–Crippen LogP) is 4.31. The number of nitrogens with zero attached hydrogens (tertiary/aromatic N) is 2. The summed E-state index contributed by atoms with van der Waals surface area (Å²) in [5.74, 6) is -0.833. The number of esters is 1. The molecule has 7 heteroatoms. The molecule has 1 heterocycles. The van der Waals surface area contributed by atoms with Crippen LogP contribution in [0.4, 0.5) is 4.39 Å². The van der Waals surface area contributed by atoms with E-state index in [4.69, 9.17) is 4.74 Å². The van der Waals surface area contributed by atoms with Crippen molar-refractivity contribution >= 4 is 32.7 Å². The third-order valence-electron chi connectivity index (χ3n) is 3.97. The Kier molecular flexibility index (Phi) is 5.70. The van der Waals surface area contributed by atoms with Crippen molar-refractivity contribution in [2.75, 3.05) is 0 Å². The highest BCUT2D eigenvalue weighted by Crippen LogP contribution is 2.20. The number of benzene rings is 2. The van der Waals surface area contributed by atoms with E-state index < -0.39 is 5.97 Å². The van der Waals surface area contributed by atoms with E-state index in [1.54, 1.807) is 24.3 Å². The standard InChI is InChI=1S/C20H18BrFN2O3/c1-12(2)10-24-19(25)16-6-4-3-5-15(16)18(23-24)20(26)27-11-13-7-8-14(22)9-17(13)21/h3-9,12H,10-11H2,1-2H3. The Labute approximate surface area is 163 Å². The van der Waals surface area contributed by atoms with Crippen LogP contribution >= 0.6 is 15.9 Å². The number of hydrogen-bond acceptors (Lipinski definition) is 4. The van der Waals surface area contributed by atoms with Crippen molar-refractivity contribution in [3.63, 3.8) is 0 Å². The van der Waals surface area contributed by atoms with Gasteiger partial charge < -0.3 is 4.74 Å². The van der Waals surface area contributed by atoms with Crippen molar-refractivity contribution in [2.45, 2.75) is 27.0 Å². The normalized spacial score (nSPS) is 11.1. The Bertz CT molecular complexity index is 1060. The van der Waals surface area contributed by atoms with E-state index in [9.17, 15) is 14.0 Å². The first-order chi connectivity index (χ1) is 12.9. The quantitative estimate of drug-likeness (QED) is 0.563. The lowest BCUT2D eigenvalue weighted by Crippen LogP contribution is -2.28. The van der Waals surface area contributed by atoms with Gasteiger partial charge in [-0.1, -0.05) is 54.0 Å². The number of carbonyl (C=O) groups is 1. The summed E-state index contributed by atoms with van der Waals surface area (Å²) in [5.41, 5.74) is 0.478. The summed E-state index contributed by atoms with van der Waals surface area (Å²) < 4.78 is 20.4. The molecule has 0 saturated heterocycles. The lowest BCUT2D eigenvalue weighted by molar-refractivity contribution is 0.0464. The molecule has 0 amide bonds. The summed E-state index contributed by atoms with van der Waals surface area (Å²) in [7, 11) is 0. The van der Waals surface area contributed by atoms with Crippen LogP contribution in [-0.4, -0.2) is 15.7 Å². The Balaban J connectivity index is 1.95. The molecule has 5 nitrogen and oxygen atoms in total. The van der Waals surface area contributed by atoms with Crippen LogP contribution in [0.2, 0.25) is 0 Å². The molecule has 0 bridgehead atoms. The first kappa shape index (κ1) is 19.2. The van der Waals surface area contributed by atoms with E-state index in [1.165, 1.54) is 22.9 Å². The molecule has 0 aliphatic rings. The molecule has 0 spiro atoms. The van der Waals surface area contributed by atoms with Crippen LogP contribution in [0.3, 0.4) is 0 Å². The zero-order chi connectivity index (χ0) is 19.6. The van der Waals surface area contributed by atoms with E-state index in [0.717, 1.165) is 0 Å². The van der Waals surface area contributed by atoms with Crippen molar-refractivity contribution in [2.24, 2.45) is 5.92 Å². The number of carbonyl (C=O) groups excluding carboxylic acids is 1. The van der Waals surface area contributed by atoms with Gasteiger partial charge in [-0.15, -0.1) is 0 Å². The van der Waals surface area contributed by atoms with Gasteiger partial charge in [-0.3, -0.25) is 4.79 Å². The highest BCUT2D eigenvalue weighted by molar-refractivity contribution is 9.10. The van der Waals surface area contributed by atoms with Crippen molar-refractivity contribution in [3.05, 3.63) is 74.4 Å². The second kappa shape index (κ2) is 8.00. The van der Waals surface area contributed by atoms with Gasteiger partial charge in [0, 0.05) is 22.0 Å². The van der Waals surface area contributed by atoms with Crippen LogP contribution in [-0.2, 0) is 17.9 Å². The van der Waals surface area contributed by atoms with E-state index >= 15 is 0 Å². The number of hydrogen-bond donors (Lipinski definition) is 0. The zero-order valence-corrected chi connectivity index (χ0v) is 16.5. The molecule has 0 atom stereocenters. The van der Waals surface area contributed by atoms with Crippen LogP contribution in [0.25, 0.3) is 10.8 Å². The summed E-state index contributed by atoms with van der Waals surface area (Å²) in [6, 6.07) is 11.0. The summed E-state index contributed by atoms with van der Waals surface area (Å²) >= 11 is 3.25. The van der Waals surface area contributed by atoms with Gasteiger partial charge in [-0.05, 0) is 24.1 Å². The van der Waals surface area contributed by atoms with Gasteiger partial charge in [0.05, 0.1) is 5.39 Å². The molecular weight excluding hydrogens is 415 g/mol. The summed E-state index contributed by atoms with van der Waals surface area (Å²) in [4.78, 5) is 25.3. The van der Waals surface area contributed by atoms with Crippen LogP contribution < -0.4 is 5.56 Å². The Morgan fingerprint density at radius 3 is 2.59 bits per heavy atom. The lowest BCUT2D eigenvalue weighted by Gasteiger charge is -2.12. The smallest absolute Gasteiger partial charge is 0.359 e. The van der Waals surface area contributed by atoms with Crippen molar-refractivity contribution in [1.82, 2.24) is 9.78 Å². The number of halogens is 2. The van der Waals surface area contributed by atoms with Crippen molar-refractivity contribution in [3.8, 4) is 0 Å². The van der Waals surface area contributed by atoms with Gasteiger partial charge in [0.1, 0.15) is 12.4 Å². The maximum Gasteiger partial charge on any atom is 0.359 e. The van der Waals surface area contributed by atoms with Gasteiger partial charge in [-0.25, -0.2) is 13.9 Å². The fourth-order valence-electron chi connectivity index (χ4n) is 2.71. The van der Waals surface area contributed by atoms with Crippen molar-refractivity contribution in [1.29, 1.82) is 0 Å². The molecule has 2 aromatic carbocycles. The number of rotatable bonds is 5. The van der Waals surface area contributed by atoms with Gasteiger partial charge in [-0.2, -0.15) is 5.10 Å². The molecule has 0 saturated carbocycles. The molecule has 3 aromatic rings. The molecule has 0 unspecified atom stereocenters. The molecule has 0 N–H and O–H groups in total. The summed E-state index contributed by atoms with van der Waals surface area (Å²) in [6.07, 6.45) is 0. The minimum absolute atomic E-state index is 0.0426. The van der Waals surface area contributed by atoms with Crippen LogP contribution in [0.15, 0.2) is 51.7 Å². The van der Waals surface area contributed by atoms with Gasteiger partial charge >= 0.3 is 5.97 Å². The minimum Gasteiger partial charge on any atom is -0.456 e. The molecule has 27 heavy (non-hydrogen) atoms. The molecular formula is C20H18BrFN2O3. The molecule has 0 radical (unpaired) electrons. The van der Waals surface area contributed by atoms with E-state index in [-0.39, 0.29) is 29.6 Å². The maximum absolute atomic E-state index is 13.2. The maximum atomic E-state index is 13.2. The summed E-state index contributed by atoms with van der Waals surface area (Å²) in [5, 5.41) is 5.12. The second-order valence-electron chi connectivity index (χ2n) is 6.59. The van der Waals surface area contributed by atoms with Crippen molar-refractivity contribution < 1.29 is 13.9 Å². The highest BCUT2D eigenvalue weighted by atomic mass is 79.9. The monoisotopic (exact) mass is 432 g/mol. The van der Waals surface area contributed by atoms with E-state index in [0.29, 0.717) is 27.4 Å².